The van der Waals surface area contributed by atoms with Gasteiger partial charge in [0.1, 0.15) is 0 Å². The Bertz CT molecular complexity index is 217. The molecule has 2 heteroatoms. The largest absolute Gasteiger partial charge is 0.381 e. The van der Waals surface area contributed by atoms with Gasteiger partial charge in [0.15, 0.2) is 0 Å². The van der Waals surface area contributed by atoms with Crippen molar-refractivity contribution in [3.05, 3.63) is 11.6 Å². The van der Waals surface area contributed by atoms with E-state index in [1.807, 2.05) is 0 Å². The molecule has 0 radical (unpaired) electrons. The van der Waals surface area contributed by atoms with Crippen LogP contribution in [0.5, 0.6) is 0 Å². The molecule has 0 aromatic rings. The summed E-state index contributed by atoms with van der Waals surface area (Å²) in [6, 6.07) is 0.479. The van der Waals surface area contributed by atoms with E-state index in [4.69, 9.17) is 10.5 Å². The Balaban J connectivity index is 1.77. The van der Waals surface area contributed by atoms with Gasteiger partial charge in [-0.05, 0) is 50.9 Å². The molecule has 2 aliphatic rings. The molecule has 0 saturated heterocycles. The van der Waals surface area contributed by atoms with E-state index in [0.29, 0.717) is 6.04 Å². The quantitative estimate of drug-likeness (QED) is 0.710. The standard InChI is InChI=1S/C13H23NO/c14-13-5-3-12(4-6-13)10-11-2-1-8-15-9-7-11/h2,12-13H,1,3-10,14H2. The molecule has 1 saturated carbocycles. The topological polar surface area (TPSA) is 35.2 Å². The minimum atomic E-state index is 0.479. The molecule has 15 heavy (non-hydrogen) atoms. The van der Waals surface area contributed by atoms with E-state index in [1.165, 1.54) is 32.1 Å². The van der Waals surface area contributed by atoms with Crippen molar-refractivity contribution in [2.24, 2.45) is 11.7 Å². The van der Waals surface area contributed by atoms with Crippen LogP contribution in [-0.4, -0.2) is 19.3 Å². The molecule has 0 amide bonds. The van der Waals surface area contributed by atoms with Crippen molar-refractivity contribution in [3.8, 4) is 0 Å². The highest BCUT2D eigenvalue weighted by atomic mass is 16.5. The summed E-state index contributed by atoms with van der Waals surface area (Å²) in [6.45, 7) is 1.84. The van der Waals surface area contributed by atoms with Crippen LogP contribution in [0.15, 0.2) is 11.6 Å². The van der Waals surface area contributed by atoms with Crippen molar-refractivity contribution in [2.75, 3.05) is 13.2 Å². The van der Waals surface area contributed by atoms with E-state index in [1.54, 1.807) is 5.57 Å². The summed E-state index contributed by atoms with van der Waals surface area (Å²) in [4.78, 5) is 0. The van der Waals surface area contributed by atoms with Gasteiger partial charge in [-0.1, -0.05) is 11.6 Å². The first kappa shape index (κ1) is 11.2. The number of hydrogen-bond donors (Lipinski definition) is 1. The average Bonchev–Trinajstić information content (AvgIpc) is 2.50. The van der Waals surface area contributed by atoms with Crippen molar-refractivity contribution < 1.29 is 4.74 Å². The third-order valence-corrected chi connectivity index (χ3v) is 3.70. The molecule has 1 aliphatic carbocycles. The fraction of sp³-hybridized carbons (Fsp3) is 0.846. The first-order valence-electron chi connectivity index (χ1n) is 6.36. The van der Waals surface area contributed by atoms with Crippen molar-refractivity contribution in [3.63, 3.8) is 0 Å². The Kier molecular flexibility index (Phi) is 4.21. The number of ether oxygens (including phenoxy) is 1. The summed E-state index contributed by atoms with van der Waals surface area (Å²) in [5.74, 6) is 0.897. The van der Waals surface area contributed by atoms with Crippen LogP contribution in [0, 0.1) is 5.92 Å². The summed E-state index contributed by atoms with van der Waals surface area (Å²) in [5, 5.41) is 0. The summed E-state index contributed by atoms with van der Waals surface area (Å²) in [5.41, 5.74) is 7.55. The lowest BCUT2D eigenvalue weighted by Crippen LogP contribution is -2.26. The van der Waals surface area contributed by atoms with Crippen LogP contribution >= 0.6 is 0 Å². The number of nitrogens with two attached hydrogens (primary N) is 1. The molecule has 2 nitrogen and oxygen atoms in total. The molecular weight excluding hydrogens is 186 g/mol. The lowest BCUT2D eigenvalue weighted by Gasteiger charge is -2.26. The molecule has 86 valence electrons. The maximum atomic E-state index is 5.92. The molecule has 0 bridgehead atoms. The molecule has 0 aromatic carbocycles. The van der Waals surface area contributed by atoms with E-state index in [9.17, 15) is 0 Å². The van der Waals surface area contributed by atoms with Crippen molar-refractivity contribution in [1.29, 1.82) is 0 Å². The van der Waals surface area contributed by atoms with Gasteiger partial charge in [0.25, 0.3) is 0 Å². The smallest absolute Gasteiger partial charge is 0.0503 e. The highest BCUT2D eigenvalue weighted by Crippen LogP contribution is 2.30. The van der Waals surface area contributed by atoms with Gasteiger partial charge >= 0.3 is 0 Å². The van der Waals surface area contributed by atoms with E-state index in [0.717, 1.165) is 32.0 Å². The van der Waals surface area contributed by atoms with E-state index >= 15 is 0 Å². The fourth-order valence-corrected chi connectivity index (χ4v) is 2.70. The van der Waals surface area contributed by atoms with Crippen LogP contribution in [0.2, 0.25) is 0 Å². The Labute approximate surface area is 92.9 Å². The van der Waals surface area contributed by atoms with Crippen LogP contribution in [-0.2, 0) is 4.74 Å². The third-order valence-electron chi connectivity index (χ3n) is 3.70. The molecule has 1 aliphatic heterocycles. The van der Waals surface area contributed by atoms with Crippen molar-refractivity contribution >= 4 is 0 Å². The molecule has 0 atom stereocenters. The van der Waals surface area contributed by atoms with Crippen molar-refractivity contribution in [2.45, 2.75) is 51.0 Å². The Hall–Kier alpha value is -0.340. The Morgan fingerprint density at radius 3 is 2.80 bits per heavy atom. The van der Waals surface area contributed by atoms with Gasteiger partial charge in [0.05, 0.1) is 13.2 Å². The summed E-state index contributed by atoms with van der Waals surface area (Å²) in [6.07, 6.45) is 11.1. The first-order valence-corrected chi connectivity index (χ1v) is 6.36. The lowest BCUT2D eigenvalue weighted by molar-refractivity contribution is 0.146. The van der Waals surface area contributed by atoms with Gasteiger partial charge < -0.3 is 10.5 Å². The monoisotopic (exact) mass is 209 g/mol. The van der Waals surface area contributed by atoms with E-state index in [2.05, 4.69) is 6.08 Å². The maximum absolute atomic E-state index is 5.92. The van der Waals surface area contributed by atoms with Gasteiger partial charge in [0.2, 0.25) is 0 Å². The second-order valence-corrected chi connectivity index (χ2v) is 5.00. The van der Waals surface area contributed by atoms with Gasteiger partial charge in [0, 0.05) is 6.04 Å². The maximum Gasteiger partial charge on any atom is 0.0503 e. The second kappa shape index (κ2) is 5.66. The van der Waals surface area contributed by atoms with Gasteiger partial charge in [-0.25, -0.2) is 0 Å². The van der Waals surface area contributed by atoms with Crippen LogP contribution in [0.1, 0.15) is 44.9 Å². The normalized spacial score (nSPS) is 33.3. The van der Waals surface area contributed by atoms with Crippen LogP contribution in [0.25, 0.3) is 0 Å². The van der Waals surface area contributed by atoms with Gasteiger partial charge in [-0.15, -0.1) is 0 Å². The predicted octanol–water partition coefficient (Wildman–Crippen LogP) is 2.63. The van der Waals surface area contributed by atoms with Crippen LogP contribution in [0.3, 0.4) is 0 Å². The summed E-state index contributed by atoms with van der Waals surface area (Å²) < 4.78 is 5.46. The summed E-state index contributed by atoms with van der Waals surface area (Å²) in [7, 11) is 0. The van der Waals surface area contributed by atoms with E-state index < -0.39 is 0 Å². The minimum absolute atomic E-state index is 0.479. The molecule has 1 fully saturated rings. The third kappa shape index (κ3) is 3.62. The summed E-state index contributed by atoms with van der Waals surface area (Å²) >= 11 is 0. The molecule has 1 heterocycles. The molecular formula is C13H23NO. The van der Waals surface area contributed by atoms with Crippen LogP contribution in [0.4, 0.5) is 0 Å². The zero-order chi connectivity index (χ0) is 10.5. The number of hydrogen-bond acceptors (Lipinski definition) is 2. The lowest BCUT2D eigenvalue weighted by atomic mass is 9.82. The van der Waals surface area contributed by atoms with Crippen LogP contribution < -0.4 is 5.73 Å². The molecule has 0 unspecified atom stereocenters. The molecule has 0 aromatic heterocycles. The number of rotatable bonds is 2. The highest BCUT2D eigenvalue weighted by molar-refractivity contribution is 5.05. The zero-order valence-electron chi connectivity index (χ0n) is 9.58. The van der Waals surface area contributed by atoms with Gasteiger partial charge in [-0.3, -0.25) is 0 Å². The highest BCUT2D eigenvalue weighted by Gasteiger charge is 2.19. The zero-order valence-corrected chi connectivity index (χ0v) is 9.58. The second-order valence-electron chi connectivity index (χ2n) is 5.00. The Morgan fingerprint density at radius 1 is 1.20 bits per heavy atom. The average molecular weight is 209 g/mol. The van der Waals surface area contributed by atoms with E-state index in [-0.39, 0.29) is 0 Å². The molecule has 0 spiro atoms. The SMILES string of the molecule is NC1CCC(CC2=CCCOCC2)CC1. The molecule has 2 N–H and O–H groups in total. The van der Waals surface area contributed by atoms with Crippen molar-refractivity contribution in [1.82, 2.24) is 0 Å². The Morgan fingerprint density at radius 2 is 2.00 bits per heavy atom. The molecule has 2 rings (SSSR count). The predicted molar refractivity (Wildman–Crippen MR) is 62.7 cm³/mol. The minimum Gasteiger partial charge on any atom is -0.381 e. The van der Waals surface area contributed by atoms with Gasteiger partial charge in [-0.2, -0.15) is 0 Å². The fourth-order valence-electron chi connectivity index (χ4n) is 2.70. The first-order chi connectivity index (χ1) is 7.34.